The van der Waals surface area contributed by atoms with Crippen molar-refractivity contribution in [3.63, 3.8) is 0 Å². The van der Waals surface area contributed by atoms with E-state index in [2.05, 4.69) is 5.32 Å². The van der Waals surface area contributed by atoms with Crippen molar-refractivity contribution in [2.45, 2.75) is 44.1 Å². The van der Waals surface area contributed by atoms with Gasteiger partial charge in [-0.05, 0) is 37.3 Å². The third kappa shape index (κ3) is 3.80. The molecule has 22 heavy (non-hydrogen) atoms. The van der Waals surface area contributed by atoms with Crippen LogP contribution in [0.25, 0.3) is 0 Å². The number of rotatable bonds is 6. The number of aliphatic hydroxyl groups excluding tert-OH is 1. The van der Waals surface area contributed by atoms with Crippen LogP contribution in [0, 0.1) is 0 Å². The van der Waals surface area contributed by atoms with Crippen molar-refractivity contribution in [3.8, 4) is 0 Å². The minimum atomic E-state index is -0.631. The molecule has 0 bridgehead atoms. The van der Waals surface area contributed by atoms with Crippen LogP contribution in [0.15, 0.2) is 24.3 Å². The molecule has 1 saturated heterocycles. The monoisotopic (exact) mass is 325 g/mol. The number of benzene rings is 1. The summed E-state index contributed by atoms with van der Waals surface area (Å²) in [7, 11) is 0. The van der Waals surface area contributed by atoms with Crippen LogP contribution in [-0.4, -0.2) is 36.9 Å². The van der Waals surface area contributed by atoms with E-state index in [0.29, 0.717) is 50.5 Å². The van der Waals surface area contributed by atoms with Crippen molar-refractivity contribution in [2.75, 3.05) is 19.8 Å². The molecule has 0 saturated carbocycles. The van der Waals surface area contributed by atoms with E-state index in [-0.39, 0.29) is 12.0 Å². The maximum absolute atomic E-state index is 12.8. The van der Waals surface area contributed by atoms with Gasteiger partial charge in [0.1, 0.15) is 0 Å². The van der Waals surface area contributed by atoms with Crippen LogP contribution in [0.2, 0.25) is 5.02 Å². The third-order valence-corrected chi connectivity index (χ3v) is 4.73. The van der Waals surface area contributed by atoms with Crippen LogP contribution in [0.3, 0.4) is 0 Å². The first-order chi connectivity index (χ1) is 10.6. The Morgan fingerprint density at radius 1 is 1.41 bits per heavy atom. The Bertz CT molecular complexity index is 500. The summed E-state index contributed by atoms with van der Waals surface area (Å²) in [6, 6.07) is 7.53. The van der Waals surface area contributed by atoms with Gasteiger partial charge in [0, 0.05) is 24.8 Å². The van der Waals surface area contributed by atoms with Crippen LogP contribution in [0.5, 0.6) is 0 Å². The van der Waals surface area contributed by atoms with Crippen LogP contribution < -0.4 is 5.32 Å². The van der Waals surface area contributed by atoms with E-state index in [0.717, 1.165) is 5.56 Å². The molecular formula is C17H24ClNO3. The zero-order chi connectivity index (χ0) is 16.0. The number of aliphatic hydroxyl groups is 1. The summed E-state index contributed by atoms with van der Waals surface area (Å²) in [5.74, 6) is -0.0211. The number of hydrogen-bond donors (Lipinski definition) is 2. The lowest BCUT2D eigenvalue weighted by atomic mass is 9.73. The molecule has 4 nitrogen and oxygen atoms in total. The normalized spacial score (nSPS) is 18.7. The smallest absolute Gasteiger partial charge is 0.230 e. The van der Waals surface area contributed by atoms with Crippen LogP contribution >= 0.6 is 11.6 Å². The molecule has 0 aliphatic carbocycles. The Kier molecular flexibility index (Phi) is 6.24. The second-order valence-electron chi connectivity index (χ2n) is 5.78. The first kappa shape index (κ1) is 17.3. The molecular weight excluding hydrogens is 302 g/mol. The highest BCUT2D eigenvalue weighted by molar-refractivity contribution is 6.31. The lowest BCUT2D eigenvalue weighted by molar-refractivity contribution is -0.130. The maximum atomic E-state index is 12.8. The maximum Gasteiger partial charge on any atom is 0.230 e. The zero-order valence-electron chi connectivity index (χ0n) is 13.0. The summed E-state index contributed by atoms with van der Waals surface area (Å²) < 4.78 is 5.43. The number of ether oxygens (including phenoxy) is 1. The highest BCUT2D eigenvalue weighted by Gasteiger charge is 2.42. The van der Waals surface area contributed by atoms with Crippen molar-refractivity contribution < 1.29 is 14.6 Å². The molecule has 1 aliphatic rings. The molecule has 1 atom stereocenters. The van der Waals surface area contributed by atoms with E-state index >= 15 is 0 Å². The average molecular weight is 326 g/mol. The SMILES string of the molecule is CCC(O)CCNC(=O)C1(c2ccccc2Cl)CCOCC1. The quantitative estimate of drug-likeness (QED) is 0.845. The van der Waals surface area contributed by atoms with Crippen molar-refractivity contribution in [1.82, 2.24) is 5.32 Å². The largest absolute Gasteiger partial charge is 0.393 e. The molecule has 2 rings (SSSR count). The number of carbonyl (C=O) groups is 1. The number of carbonyl (C=O) groups excluding carboxylic acids is 1. The van der Waals surface area contributed by atoms with Gasteiger partial charge in [-0.2, -0.15) is 0 Å². The standard InChI is InChI=1S/C17H24ClNO3/c1-2-13(20)7-10-19-16(21)17(8-11-22-12-9-17)14-5-3-4-6-15(14)18/h3-6,13,20H,2,7-12H2,1H3,(H,19,21). The van der Waals surface area contributed by atoms with Gasteiger partial charge in [0.2, 0.25) is 5.91 Å². The Balaban J connectivity index is 2.15. The molecule has 1 amide bonds. The molecule has 1 aromatic rings. The molecule has 0 spiro atoms. The second-order valence-corrected chi connectivity index (χ2v) is 6.19. The van der Waals surface area contributed by atoms with Crippen LogP contribution in [0.4, 0.5) is 0 Å². The zero-order valence-corrected chi connectivity index (χ0v) is 13.7. The Hall–Kier alpha value is -1.10. The molecule has 1 aliphatic heterocycles. The molecule has 1 fully saturated rings. The summed E-state index contributed by atoms with van der Waals surface area (Å²) in [5, 5.41) is 13.2. The van der Waals surface area contributed by atoms with Gasteiger partial charge in [-0.15, -0.1) is 0 Å². The average Bonchev–Trinajstić information content (AvgIpc) is 2.55. The predicted octanol–water partition coefficient (Wildman–Crippen LogP) is 2.67. The summed E-state index contributed by atoms with van der Waals surface area (Å²) in [4.78, 5) is 12.8. The molecule has 122 valence electrons. The van der Waals surface area contributed by atoms with E-state index in [4.69, 9.17) is 16.3 Å². The summed E-state index contributed by atoms with van der Waals surface area (Å²) in [6.07, 6.45) is 2.14. The lowest BCUT2D eigenvalue weighted by Crippen LogP contribution is -2.48. The molecule has 0 radical (unpaired) electrons. The predicted molar refractivity (Wildman–Crippen MR) is 87.1 cm³/mol. The van der Waals surface area contributed by atoms with Crippen molar-refractivity contribution in [1.29, 1.82) is 0 Å². The van der Waals surface area contributed by atoms with Gasteiger partial charge in [-0.1, -0.05) is 36.7 Å². The van der Waals surface area contributed by atoms with Gasteiger partial charge < -0.3 is 15.2 Å². The number of halogens is 1. The first-order valence-electron chi connectivity index (χ1n) is 7.89. The fourth-order valence-corrected chi connectivity index (χ4v) is 3.23. The van der Waals surface area contributed by atoms with Gasteiger partial charge in [-0.3, -0.25) is 4.79 Å². The van der Waals surface area contributed by atoms with Gasteiger partial charge >= 0.3 is 0 Å². The van der Waals surface area contributed by atoms with Gasteiger partial charge in [-0.25, -0.2) is 0 Å². The Morgan fingerprint density at radius 2 is 2.09 bits per heavy atom. The van der Waals surface area contributed by atoms with Gasteiger partial charge in [0.05, 0.1) is 11.5 Å². The molecule has 1 aromatic carbocycles. The van der Waals surface area contributed by atoms with E-state index in [1.54, 1.807) is 0 Å². The number of hydrogen-bond acceptors (Lipinski definition) is 3. The van der Waals surface area contributed by atoms with Gasteiger partial charge in [0.25, 0.3) is 0 Å². The lowest BCUT2D eigenvalue weighted by Gasteiger charge is -2.36. The fourth-order valence-electron chi connectivity index (χ4n) is 2.91. The van der Waals surface area contributed by atoms with E-state index in [1.165, 1.54) is 0 Å². The van der Waals surface area contributed by atoms with Crippen molar-refractivity contribution in [3.05, 3.63) is 34.9 Å². The van der Waals surface area contributed by atoms with E-state index in [1.807, 2.05) is 31.2 Å². The summed E-state index contributed by atoms with van der Waals surface area (Å²) >= 11 is 6.34. The van der Waals surface area contributed by atoms with Crippen LogP contribution in [0.1, 0.15) is 38.2 Å². The molecule has 1 unspecified atom stereocenters. The van der Waals surface area contributed by atoms with E-state index < -0.39 is 5.41 Å². The van der Waals surface area contributed by atoms with Crippen molar-refractivity contribution >= 4 is 17.5 Å². The summed E-state index contributed by atoms with van der Waals surface area (Å²) in [5.41, 5.74) is 0.238. The van der Waals surface area contributed by atoms with E-state index in [9.17, 15) is 9.90 Å². The first-order valence-corrected chi connectivity index (χ1v) is 8.27. The molecule has 5 heteroatoms. The molecule has 0 aromatic heterocycles. The highest BCUT2D eigenvalue weighted by atomic mass is 35.5. The number of nitrogens with one attached hydrogen (secondary N) is 1. The minimum Gasteiger partial charge on any atom is -0.393 e. The summed E-state index contributed by atoms with van der Waals surface area (Å²) in [6.45, 7) is 3.50. The minimum absolute atomic E-state index is 0.0211. The Labute approximate surface area is 136 Å². The van der Waals surface area contributed by atoms with Crippen LogP contribution in [-0.2, 0) is 14.9 Å². The third-order valence-electron chi connectivity index (χ3n) is 4.40. The molecule has 2 N–H and O–H groups in total. The fraction of sp³-hybridized carbons (Fsp3) is 0.588. The van der Waals surface area contributed by atoms with Gasteiger partial charge in [0.15, 0.2) is 0 Å². The van der Waals surface area contributed by atoms with Crippen molar-refractivity contribution in [2.24, 2.45) is 0 Å². The highest BCUT2D eigenvalue weighted by Crippen LogP contribution is 2.38. The second kappa shape index (κ2) is 7.95. The number of amides is 1. The molecule has 1 heterocycles. The topological polar surface area (TPSA) is 58.6 Å². The Morgan fingerprint density at radius 3 is 2.73 bits per heavy atom.